The minimum Gasteiger partial charge on any atom is -0.746 e. The van der Waals surface area contributed by atoms with Crippen molar-refractivity contribution in [2.24, 2.45) is 11.8 Å². The van der Waals surface area contributed by atoms with E-state index < -0.39 is 49.5 Å². The van der Waals surface area contributed by atoms with Gasteiger partial charge in [-0.15, -0.1) is 0 Å². The van der Waals surface area contributed by atoms with Crippen molar-refractivity contribution in [1.82, 2.24) is 15.4 Å². The number of aliphatic hydroxyl groups excluding tert-OH is 1. The fraction of sp³-hybridized carbons (Fsp3) is 0.667. The first kappa shape index (κ1) is 34.4. The van der Waals surface area contributed by atoms with Crippen LogP contribution in [0, 0.1) is 11.8 Å². The van der Waals surface area contributed by atoms with E-state index in [4.69, 9.17) is 11.6 Å². The van der Waals surface area contributed by atoms with Crippen molar-refractivity contribution in [2.75, 3.05) is 12.3 Å². The zero-order chi connectivity index (χ0) is 27.9. The number of aliphatic hydroxyl groups is 1. The molecule has 1 saturated carbocycles. The van der Waals surface area contributed by atoms with Gasteiger partial charge in [-0.1, -0.05) is 55.8 Å². The van der Waals surface area contributed by atoms with Crippen LogP contribution in [0.15, 0.2) is 24.3 Å². The van der Waals surface area contributed by atoms with Crippen LogP contribution in [0.5, 0.6) is 0 Å². The number of halogens is 1. The van der Waals surface area contributed by atoms with Gasteiger partial charge >= 0.3 is 29.6 Å². The molecule has 1 aliphatic heterocycles. The first-order valence-corrected chi connectivity index (χ1v) is 16.3. The molecule has 11 nitrogen and oxygen atoms in total. The zero-order valence-electron chi connectivity index (χ0n) is 22.0. The van der Waals surface area contributed by atoms with Crippen molar-refractivity contribution in [3.8, 4) is 0 Å². The molecule has 0 bridgehead atoms. The number of nitrogens with one attached hydrogen (secondary N) is 3. The van der Waals surface area contributed by atoms with Gasteiger partial charge < -0.3 is 20.3 Å². The summed E-state index contributed by atoms with van der Waals surface area (Å²) in [6.45, 7) is 0.348. The third-order valence-corrected chi connectivity index (χ3v) is 9.69. The summed E-state index contributed by atoms with van der Waals surface area (Å²) >= 11 is 5.98. The first-order valence-electron chi connectivity index (χ1n) is 12.8. The molecule has 1 aromatic carbocycles. The molecule has 0 radical (unpaired) electrons. The summed E-state index contributed by atoms with van der Waals surface area (Å²) in [7, 11) is -9.19. The van der Waals surface area contributed by atoms with Crippen LogP contribution in [-0.2, 0) is 36.2 Å². The molecule has 1 aliphatic carbocycles. The number of hydrogen-bond donors (Lipinski definition) is 4. The van der Waals surface area contributed by atoms with Crippen molar-refractivity contribution >= 4 is 43.6 Å². The average molecular weight is 616 g/mol. The van der Waals surface area contributed by atoms with Crippen LogP contribution in [0.25, 0.3) is 0 Å². The van der Waals surface area contributed by atoms with E-state index in [0.29, 0.717) is 23.6 Å². The first-order chi connectivity index (χ1) is 17.8. The van der Waals surface area contributed by atoms with Crippen molar-refractivity contribution in [1.29, 1.82) is 0 Å². The number of sulfonamides is 1. The van der Waals surface area contributed by atoms with Crippen molar-refractivity contribution in [3.05, 3.63) is 34.9 Å². The smallest absolute Gasteiger partial charge is 0.746 e. The Morgan fingerprint density at radius 1 is 1.13 bits per heavy atom. The van der Waals surface area contributed by atoms with Gasteiger partial charge in [0.05, 0.1) is 11.8 Å². The molecule has 39 heavy (non-hydrogen) atoms. The maximum Gasteiger partial charge on any atom is 1.00 e. The van der Waals surface area contributed by atoms with Gasteiger partial charge in [-0.05, 0) is 49.3 Å². The molecule has 3 rings (SSSR count). The molecule has 1 saturated heterocycles. The van der Waals surface area contributed by atoms with E-state index in [0.717, 1.165) is 32.1 Å². The number of rotatable bonds is 13. The predicted molar refractivity (Wildman–Crippen MR) is 140 cm³/mol. The van der Waals surface area contributed by atoms with E-state index in [1.54, 1.807) is 24.3 Å². The largest absolute Gasteiger partial charge is 1.00 e. The molecule has 1 aromatic rings. The molecular formula is C24H35ClN3NaO8S2. The molecule has 0 aromatic heterocycles. The van der Waals surface area contributed by atoms with Crippen LogP contribution < -0.4 is 44.9 Å². The van der Waals surface area contributed by atoms with Gasteiger partial charge in [-0.25, -0.2) is 21.6 Å². The Hall–Kier alpha value is -0.770. The van der Waals surface area contributed by atoms with Gasteiger partial charge in [0.1, 0.15) is 16.2 Å². The van der Waals surface area contributed by atoms with Crippen LogP contribution in [0.3, 0.4) is 0 Å². The van der Waals surface area contributed by atoms with Gasteiger partial charge in [-0.3, -0.25) is 9.59 Å². The summed E-state index contributed by atoms with van der Waals surface area (Å²) in [5.74, 6) is -2.18. The number of carbonyl (C=O) groups excluding carboxylic acids is 2. The monoisotopic (exact) mass is 615 g/mol. The molecule has 1 heterocycles. The van der Waals surface area contributed by atoms with Crippen molar-refractivity contribution < 1.29 is 65.6 Å². The molecule has 0 spiro atoms. The summed E-state index contributed by atoms with van der Waals surface area (Å²) < 4.78 is 63.2. The Balaban J connectivity index is 0.00000533. The summed E-state index contributed by atoms with van der Waals surface area (Å²) in [4.78, 5) is 25.4. The summed E-state index contributed by atoms with van der Waals surface area (Å²) in [6.07, 6.45) is 4.99. The quantitative estimate of drug-likeness (QED) is 0.145. The third-order valence-electron chi connectivity index (χ3n) is 7.15. The van der Waals surface area contributed by atoms with Gasteiger partial charge in [0.2, 0.25) is 21.8 Å². The molecule has 2 fully saturated rings. The van der Waals surface area contributed by atoms with Crippen LogP contribution in [0.1, 0.15) is 56.9 Å². The molecule has 4 N–H and O–H groups in total. The van der Waals surface area contributed by atoms with E-state index in [1.165, 1.54) is 0 Å². The number of carbonyl (C=O) groups is 2. The summed E-state index contributed by atoms with van der Waals surface area (Å²) in [5.41, 5.74) is -1.79. The van der Waals surface area contributed by atoms with E-state index in [2.05, 4.69) is 15.4 Å². The normalized spacial score (nSPS) is 20.9. The average Bonchev–Trinajstić information content (AvgIpc) is 3.25. The molecule has 4 atom stereocenters. The topological polar surface area (TPSA) is 182 Å². The minimum atomic E-state index is -5.23. The van der Waals surface area contributed by atoms with Crippen molar-refractivity contribution in [2.45, 2.75) is 75.3 Å². The second kappa shape index (κ2) is 15.5. The third kappa shape index (κ3) is 11.2. The van der Waals surface area contributed by atoms with E-state index >= 15 is 0 Å². The Morgan fingerprint density at radius 2 is 1.82 bits per heavy atom. The van der Waals surface area contributed by atoms with Gasteiger partial charge in [0.25, 0.3) is 0 Å². The zero-order valence-corrected chi connectivity index (χ0v) is 26.4. The Bertz CT molecular complexity index is 1200. The fourth-order valence-corrected chi connectivity index (χ4v) is 7.15. The van der Waals surface area contributed by atoms with E-state index in [1.807, 2.05) is 0 Å². The number of aryl methyl sites for hydroxylation is 1. The minimum absolute atomic E-state index is 0. The molecule has 214 valence electrons. The van der Waals surface area contributed by atoms with Gasteiger partial charge in [0, 0.05) is 17.5 Å². The molecule has 2 amide bonds. The second-order valence-corrected chi connectivity index (χ2v) is 13.9. The van der Waals surface area contributed by atoms with Crippen molar-refractivity contribution in [3.63, 3.8) is 0 Å². The van der Waals surface area contributed by atoms with Gasteiger partial charge in [-0.2, -0.15) is 0 Å². The molecule has 1 unspecified atom stereocenters. The molecular weight excluding hydrogens is 581 g/mol. The number of hydrogen-bond acceptors (Lipinski definition) is 8. The molecule has 2 aliphatic rings. The van der Waals surface area contributed by atoms with Crippen LogP contribution in [0.2, 0.25) is 5.02 Å². The predicted octanol–water partition coefficient (Wildman–Crippen LogP) is -1.98. The van der Waals surface area contributed by atoms with E-state index in [9.17, 15) is 36.1 Å². The fourth-order valence-electron chi connectivity index (χ4n) is 5.09. The second-order valence-electron chi connectivity index (χ2n) is 10.1. The van der Waals surface area contributed by atoms with Crippen LogP contribution in [-0.4, -0.2) is 68.1 Å². The van der Waals surface area contributed by atoms with E-state index in [-0.39, 0.29) is 66.4 Å². The number of amides is 2. The maximum atomic E-state index is 13.3. The summed E-state index contributed by atoms with van der Waals surface area (Å²) in [5, 5.41) is 15.6. The van der Waals surface area contributed by atoms with Gasteiger partial charge in [0.15, 0.2) is 5.44 Å². The van der Waals surface area contributed by atoms with Crippen LogP contribution >= 0.6 is 11.6 Å². The standard InChI is InChI=1S/C24H36ClN3O8S2.Na/c25-19-8-4-7-17(13-19)10-12-37(32,33)28-20(14-16-5-2-1-3-6-16)23(30)27-21(24(31)38(34,35)36)15-18-9-11-26-22(18)29;/h4,7-8,13,16,18,20-21,24,28,31H,1-3,5-6,9-12,14-15H2,(H,26,29)(H,27,30)(H,34,35,36);/q;+1/p-1/t18-,20-,21-,24?;/m0./s1. The Morgan fingerprint density at radius 3 is 2.41 bits per heavy atom. The maximum absolute atomic E-state index is 13.3. The van der Waals surface area contributed by atoms with Crippen LogP contribution in [0.4, 0.5) is 0 Å². The Kier molecular flexibility index (Phi) is 13.6. The Labute approximate surface area is 257 Å². The SMILES string of the molecule is O=C1NCC[C@H]1C[C@H](NC(=O)[C@H](CC1CCCCC1)NS(=O)(=O)CCc1cccc(Cl)c1)C(O)S(=O)(=O)[O-].[Na+]. The molecule has 15 heteroatoms. The number of benzene rings is 1. The summed E-state index contributed by atoms with van der Waals surface area (Å²) in [6, 6.07) is 3.94.